The van der Waals surface area contributed by atoms with Gasteiger partial charge >= 0.3 is 0 Å². The van der Waals surface area contributed by atoms with E-state index in [9.17, 15) is 13.6 Å². The zero-order chi connectivity index (χ0) is 14.5. The zero-order valence-corrected chi connectivity index (χ0v) is 10.8. The number of rotatable bonds is 5. The summed E-state index contributed by atoms with van der Waals surface area (Å²) >= 11 is 0. The zero-order valence-electron chi connectivity index (χ0n) is 10.8. The first-order valence-corrected chi connectivity index (χ1v) is 6.08. The van der Waals surface area contributed by atoms with Gasteiger partial charge in [-0.25, -0.2) is 8.78 Å². The van der Waals surface area contributed by atoms with E-state index in [1.807, 2.05) is 6.92 Å². The molecule has 1 aromatic carbocycles. The Labute approximate surface area is 114 Å². The maximum atomic E-state index is 13.0. The normalized spacial score (nSPS) is 12.2. The van der Waals surface area contributed by atoms with E-state index in [-0.39, 0.29) is 24.2 Å². The highest BCUT2D eigenvalue weighted by Gasteiger charge is 2.10. The minimum Gasteiger partial charge on any atom is -0.468 e. The maximum absolute atomic E-state index is 13.0. The van der Waals surface area contributed by atoms with Gasteiger partial charge in [-0.3, -0.25) is 10.1 Å². The van der Waals surface area contributed by atoms with E-state index in [2.05, 4.69) is 10.6 Å². The Hall–Kier alpha value is -2.21. The summed E-state index contributed by atoms with van der Waals surface area (Å²) in [6.45, 7) is 1.88. The lowest BCUT2D eigenvalue weighted by molar-refractivity contribution is -0.115. The van der Waals surface area contributed by atoms with Crippen LogP contribution in [0.15, 0.2) is 41.0 Å². The molecule has 2 rings (SSSR count). The third kappa shape index (κ3) is 3.64. The number of hydrogen-bond acceptors (Lipinski definition) is 3. The highest BCUT2D eigenvalue weighted by atomic mass is 19.2. The molecule has 0 aliphatic rings. The molecule has 1 heterocycles. The molecule has 106 valence electrons. The van der Waals surface area contributed by atoms with Crippen molar-refractivity contribution in [3.05, 3.63) is 54.0 Å². The molecule has 1 atom stereocenters. The summed E-state index contributed by atoms with van der Waals surface area (Å²) in [7, 11) is 0. The van der Waals surface area contributed by atoms with Crippen LogP contribution in [-0.2, 0) is 4.79 Å². The Morgan fingerprint density at radius 1 is 1.30 bits per heavy atom. The van der Waals surface area contributed by atoms with E-state index >= 15 is 0 Å². The molecule has 4 nitrogen and oxygen atoms in total. The Bertz CT molecular complexity index is 585. The molecular weight excluding hydrogens is 266 g/mol. The van der Waals surface area contributed by atoms with Crippen molar-refractivity contribution in [1.29, 1.82) is 0 Å². The van der Waals surface area contributed by atoms with Gasteiger partial charge in [0.2, 0.25) is 5.91 Å². The van der Waals surface area contributed by atoms with Gasteiger partial charge in [-0.2, -0.15) is 0 Å². The molecule has 1 amide bonds. The molecule has 2 aromatic rings. The van der Waals surface area contributed by atoms with Gasteiger partial charge < -0.3 is 9.73 Å². The third-order valence-corrected chi connectivity index (χ3v) is 2.74. The molecule has 1 aromatic heterocycles. The molecule has 0 fully saturated rings. The third-order valence-electron chi connectivity index (χ3n) is 2.74. The van der Waals surface area contributed by atoms with Gasteiger partial charge in [0, 0.05) is 11.8 Å². The van der Waals surface area contributed by atoms with Crippen LogP contribution in [0.5, 0.6) is 0 Å². The predicted octanol–water partition coefficient (Wildman–Crippen LogP) is 2.85. The molecule has 0 bridgehead atoms. The lowest BCUT2D eigenvalue weighted by atomic mass is 10.2. The molecular formula is C14H14F2N2O2. The quantitative estimate of drug-likeness (QED) is 0.885. The van der Waals surface area contributed by atoms with E-state index in [0.29, 0.717) is 5.76 Å². The second kappa shape index (κ2) is 6.29. The molecule has 0 aliphatic carbocycles. The van der Waals surface area contributed by atoms with Gasteiger partial charge in [-0.1, -0.05) is 0 Å². The minimum absolute atomic E-state index is 0.0286. The summed E-state index contributed by atoms with van der Waals surface area (Å²) in [5.41, 5.74) is 0.210. The smallest absolute Gasteiger partial charge is 0.238 e. The Balaban J connectivity index is 1.85. The number of carbonyl (C=O) groups excluding carboxylic acids is 1. The number of carbonyl (C=O) groups is 1. The lowest BCUT2D eigenvalue weighted by Crippen LogP contribution is -2.30. The number of hydrogen-bond donors (Lipinski definition) is 2. The van der Waals surface area contributed by atoms with E-state index < -0.39 is 11.6 Å². The number of halogens is 2. The number of benzene rings is 1. The van der Waals surface area contributed by atoms with Gasteiger partial charge in [0.05, 0.1) is 18.8 Å². The van der Waals surface area contributed by atoms with E-state index in [1.165, 1.54) is 6.07 Å². The van der Waals surface area contributed by atoms with Gasteiger partial charge in [0.25, 0.3) is 0 Å². The average Bonchev–Trinajstić information content (AvgIpc) is 2.94. The fraction of sp³-hybridized carbons (Fsp3) is 0.214. The Morgan fingerprint density at radius 3 is 2.75 bits per heavy atom. The molecule has 0 radical (unpaired) electrons. The van der Waals surface area contributed by atoms with Crippen molar-refractivity contribution in [2.24, 2.45) is 0 Å². The van der Waals surface area contributed by atoms with Crippen LogP contribution in [0.25, 0.3) is 0 Å². The fourth-order valence-corrected chi connectivity index (χ4v) is 1.66. The maximum Gasteiger partial charge on any atom is 0.238 e. The highest BCUT2D eigenvalue weighted by molar-refractivity contribution is 5.92. The van der Waals surface area contributed by atoms with Crippen LogP contribution in [0.2, 0.25) is 0 Å². The summed E-state index contributed by atoms with van der Waals surface area (Å²) < 4.78 is 30.9. The van der Waals surface area contributed by atoms with Crippen molar-refractivity contribution in [3.8, 4) is 0 Å². The van der Waals surface area contributed by atoms with E-state index in [0.717, 1.165) is 12.1 Å². The van der Waals surface area contributed by atoms with Gasteiger partial charge in [0.15, 0.2) is 11.6 Å². The number of anilines is 1. The molecule has 0 spiro atoms. The summed E-state index contributed by atoms with van der Waals surface area (Å²) in [5, 5.41) is 5.43. The lowest BCUT2D eigenvalue weighted by Gasteiger charge is -2.11. The van der Waals surface area contributed by atoms with E-state index in [4.69, 9.17) is 4.42 Å². The van der Waals surface area contributed by atoms with Crippen molar-refractivity contribution in [2.45, 2.75) is 13.0 Å². The number of amides is 1. The van der Waals surface area contributed by atoms with Crippen molar-refractivity contribution >= 4 is 11.6 Å². The molecule has 20 heavy (non-hydrogen) atoms. The number of nitrogens with one attached hydrogen (secondary N) is 2. The second-order valence-corrected chi connectivity index (χ2v) is 4.30. The topological polar surface area (TPSA) is 54.3 Å². The van der Waals surface area contributed by atoms with Crippen LogP contribution in [0.1, 0.15) is 18.7 Å². The van der Waals surface area contributed by atoms with Crippen LogP contribution in [-0.4, -0.2) is 12.5 Å². The van der Waals surface area contributed by atoms with Crippen LogP contribution in [0.3, 0.4) is 0 Å². The molecule has 0 saturated carbocycles. The van der Waals surface area contributed by atoms with Crippen LogP contribution >= 0.6 is 0 Å². The fourth-order valence-electron chi connectivity index (χ4n) is 1.66. The summed E-state index contributed by atoms with van der Waals surface area (Å²) in [5.74, 6) is -1.59. The average molecular weight is 280 g/mol. The first kappa shape index (κ1) is 14.2. The standard InChI is InChI=1S/C14H14F2N2O2/c1-9(13-3-2-6-20-13)17-8-14(19)18-10-4-5-11(15)12(16)7-10/h2-7,9,17H,8H2,1H3,(H,18,19)/t9-/m0/s1. The highest BCUT2D eigenvalue weighted by Crippen LogP contribution is 2.14. The van der Waals surface area contributed by atoms with Crippen molar-refractivity contribution < 1.29 is 18.0 Å². The molecule has 2 N–H and O–H groups in total. The number of furan rings is 1. The van der Waals surface area contributed by atoms with Crippen molar-refractivity contribution in [1.82, 2.24) is 5.32 Å². The minimum atomic E-state index is -1.00. The first-order chi connectivity index (χ1) is 9.56. The molecule has 6 heteroatoms. The molecule has 0 unspecified atom stereocenters. The Morgan fingerprint density at radius 2 is 2.10 bits per heavy atom. The summed E-state index contributed by atoms with van der Waals surface area (Å²) in [6.07, 6.45) is 1.55. The molecule has 0 aliphatic heterocycles. The predicted molar refractivity (Wildman–Crippen MR) is 70.1 cm³/mol. The van der Waals surface area contributed by atoms with Crippen molar-refractivity contribution in [2.75, 3.05) is 11.9 Å². The van der Waals surface area contributed by atoms with Gasteiger partial charge in [-0.15, -0.1) is 0 Å². The van der Waals surface area contributed by atoms with E-state index in [1.54, 1.807) is 18.4 Å². The SMILES string of the molecule is C[C@H](NCC(=O)Nc1ccc(F)c(F)c1)c1ccco1. The van der Waals surface area contributed by atoms with Crippen LogP contribution < -0.4 is 10.6 Å². The van der Waals surface area contributed by atoms with Gasteiger partial charge in [0.1, 0.15) is 5.76 Å². The van der Waals surface area contributed by atoms with Crippen LogP contribution in [0, 0.1) is 11.6 Å². The van der Waals surface area contributed by atoms with Gasteiger partial charge in [-0.05, 0) is 31.2 Å². The van der Waals surface area contributed by atoms with Crippen molar-refractivity contribution in [3.63, 3.8) is 0 Å². The van der Waals surface area contributed by atoms with Crippen LogP contribution in [0.4, 0.5) is 14.5 Å². The Kier molecular flexibility index (Phi) is 4.47. The largest absolute Gasteiger partial charge is 0.468 e. The molecule has 0 saturated heterocycles. The first-order valence-electron chi connectivity index (χ1n) is 6.08. The summed E-state index contributed by atoms with van der Waals surface area (Å²) in [6, 6.07) is 6.62. The monoisotopic (exact) mass is 280 g/mol. The second-order valence-electron chi connectivity index (χ2n) is 4.30. The summed E-state index contributed by atoms with van der Waals surface area (Å²) in [4.78, 5) is 11.7.